The van der Waals surface area contributed by atoms with Crippen molar-refractivity contribution in [3.05, 3.63) is 95.5 Å². The van der Waals surface area contributed by atoms with E-state index in [9.17, 15) is 4.79 Å². The fourth-order valence-corrected chi connectivity index (χ4v) is 3.20. The van der Waals surface area contributed by atoms with Gasteiger partial charge in [0.05, 0.1) is 11.4 Å². The average molecular weight is 405 g/mol. The number of halogens is 1. The lowest BCUT2D eigenvalue weighted by molar-refractivity contribution is 0.102. The van der Waals surface area contributed by atoms with Crippen LogP contribution in [0, 0.1) is 6.92 Å². The summed E-state index contributed by atoms with van der Waals surface area (Å²) in [7, 11) is 0. The molecule has 0 saturated heterocycles. The Morgan fingerprint density at radius 3 is 2.31 bits per heavy atom. The Hall–Kier alpha value is -3.64. The molecule has 1 N–H and O–H groups in total. The number of nitrogens with zero attached hydrogens (tertiary/aromatic N) is 3. The summed E-state index contributed by atoms with van der Waals surface area (Å²) in [6.07, 6.45) is 3.32. The number of carbonyl (C=O) groups is 1. The van der Waals surface area contributed by atoms with Gasteiger partial charge in [0.1, 0.15) is 22.2 Å². The minimum absolute atomic E-state index is 0.267. The number of pyridine rings is 1. The largest absolute Gasteiger partial charge is 0.457 e. The van der Waals surface area contributed by atoms with Crippen LogP contribution >= 0.6 is 11.6 Å². The first kappa shape index (κ1) is 18.7. The molecule has 144 valence electrons. The quantitative estimate of drug-likeness (QED) is 0.491. The zero-order chi connectivity index (χ0) is 20.2. The van der Waals surface area contributed by atoms with Gasteiger partial charge in [0.25, 0.3) is 5.91 Å². The van der Waals surface area contributed by atoms with Crippen LogP contribution in [0.15, 0.2) is 79.1 Å². The van der Waals surface area contributed by atoms with Crippen LogP contribution in [-0.2, 0) is 0 Å². The Balaban J connectivity index is 1.50. The van der Waals surface area contributed by atoms with Gasteiger partial charge >= 0.3 is 0 Å². The van der Waals surface area contributed by atoms with Crippen LogP contribution in [-0.4, -0.2) is 20.7 Å². The summed E-state index contributed by atoms with van der Waals surface area (Å²) in [5.74, 6) is 1.02. The molecule has 29 heavy (non-hydrogen) atoms. The first-order chi connectivity index (χ1) is 14.1. The van der Waals surface area contributed by atoms with Crippen molar-refractivity contribution >= 4 is 23.2 Å². The van der Waals surface area contributed by atoms with E-state index >= 15 is 0 Å². The molecule has 0 fully saturated rings. The Kier molecular flexibility index (Phi) is 5.27. The smallest absolute Gasteiger partial charge is 0.260 e. The first-order valence-electron chi connectivity index (χ1n) is 8.91. The Bertz CT molecular complexity index is 1130. The average Bonchev–Trinajstić information content (AvgIpc) is 3.05. The van der Waals surface area contributed by atoms with E-state index in [2.05, 4.69) is 15.4 Å². The summed E-state index contributed by atoms with van der Waals surface area (Å²) in [4.78, 5) is 16.7. The van der Waals surface area contributed by atoms with Crippen LogP contribution in [0.25, 0.3) is 5.69 Å². The third-order valence-corrected chi connectivity index (χ3v) is 4.58. The van der Waals surface area contributed by atoms with E-state index in [1.807, 2.05) is 30.3 Å². The number of hydrogen-bond acceptors (Lipinski definition) is 4. The Morgan fingerprint density at radius 1 is 0.966 bits per heavy atom. The third kappa shape index (κ3) is 4.12. The molecule has 2 heterocycles. The molecule has 0 unspecified atom stereocenters. The number of rotatable bonds is 5. The van der Waals surface area contributed by atoms with Crippen molar-refractivity contribution in [3.63, 3.8) is 0 Å². The van der Waals surface area contributed by atoms with Crippen LogP contribution in [0.1, 0.15) is 16.1 Å². The van der Waals surface area contributed by atoms with Gasteiger partial charge in [-0.1, -0.05) is 29.8 Å². The molecule has 0 radical (unpaired) electrons. The molecular weight excluding hydrogens is 388 g/mol. The van der Waals surface area contributed by atoms with E-state index in [1.165, 1.54) is 0 Å². The molecule has 0 saturated carbocycles. The Labute approximate surface area is 172 Å². The fourth-order valence-electron chi connectivity index (χ4n) is 2.84. The molecule has 2 aromatic heterocycles. The van der Waals surface area contributed by atoms with Gasteiger partial charge in [-0.2, -0.15) is 5.10 Å². The number of nitrogens with one attached hydrogen (secondary N) is 1. The number of anilines is 1. The molecule has 0 atom stereocenters. The van der Waals surface area contributed by atoms with E-state index in [4.69, 9.17) is 16.3 Å². The maximum atomic E-state index is 12.8. The summed E-state index contributed by atoms with van der Waals surface area (Å²) in [5.41, 5.74) is 2.30. The van der Waals surface area contributed by atoms with E-state index < -0.39 is 0 Å². The van der Waals surface area contributed by atoms with Crippen LogP contribution in [0.2, 0.25) is 5.15 Å². The van der Waals surface area contributed by atoms with Gasteiger partial charge < -0.3 is 10.1 Å². The zero-order valence-corrected chi connectivity index (χ0v) is 16.3. The molecule has 1 amide bonds. The van der Waals surface area contributed by atoms with Crippen LogP contribution in [0.3, 0.4) is 0 Å². The van der Waals surface area contributed by atoms with Crippen LogP contribution < -0.4 is 10.1 Å². The monoisotopic (exact) mass is 404 g/mol. The predicted molar refractivity (Wildman–Crippen MR) is 112 cm³/mol. The van der Waals surface area contributed by atoms with Crippen LogP contribution in [0.4, 0.5) is 5.69 Å². The second kappa shape index (κ2) is 8.16. The fraction of sp³-hybridized carbons (Fsp3) is 0.0455. The van der Waals surface area contributed by atoms with Crippen molar-refractivity contribution in [1.29, 1.82) is 0 Å². The number of aromatic nitrogens is 3. The van der Waals surface area contributed by atoms with Crippen molar-refractivity contribution in [2.45, 2.75) is 6.92 Å². The molecule has 0 spiro atoms. The number of benzene rings is 2. The van der Waals surface area contributed by atoms with E-state index in [1.54, 1.807) is 60.4 Å². The van der Waals surface area contributed by atoms with Crippen molar-refractivity contribution in [3.8, 4) is 17.2 Å². The summed E-state index contributed by atoms with van der Waals surface area (Å²) >= 11 is 6.46. The van der Waals surface area contributed by atoms with Crippen molar-refractivity contribution in [2.75, 3.05) is 5.32 Å². The molecule has 6 nitrogen and oxygen atoms in total. The van der Waals surface area contributed by atoms with E-state index in [-0.39, 0.29) is 11.1 Å². The summed E-state index contributed by atoms with van der Waals surface area (Å²) in [6, 6.07) is 20.0. The van der Waals surface area contributed by atoms with Crippen LogP contribution in [0.5, 0.6) is 11.5 Å². The molecule has 7 heteroatoms. The highest BCUT2D eigenvalue weighted by Crippen LogP contribution is 2.26. The standard InChI is InChI=1S/C22H17ClN4O2/c1-15-20(21(23)27(26-15)17-5-3-2-4-6-17)22(28)25-16-7-9-18(10-8-16)29-19-11-13-24-14-12-19/h2-14H,1H3,(H,25,28). The summed E-state index contributed by atoms with van der Waals surface area (Å²) < 4.78 is 7.28. The number of amides is 1. The number of para-hydroxylation sites is 1. The van der Waals surface area contributed by atoms with E-state index in [0.717, 1.165) is 5.69 Å². The maximum absolute atomic E-state index is 12.8. The van der Waals surface area contributed by atoms with Crippen molar-refractivity contribution < 1.29 is 9.53 Å². The highest BCUT2D eigenvalue weighted by Gasteiger charge is 2.21. The zero-order valence-electron chi connectivity index (χ0n) is 15.5. The summed E-state index contributed by atoms with van der Waals surface area (Å²) in [5, 5.41) is 7.52. The molecule has 2 aromatic carbocycles. The van der Waals surface area contributed by atoms with Gasteiger partial charge in [-0.05, 0) is 55.5 Å². The second-order valence-corrected chi connectivity index (χ2v) is 6.62. The molecule has 4 rings (SSSR count). The lowest BCUT2D eigenvalue weighted by Gasteiger charge is -2.08. The topological polar surface area (TPSA) is 69.0 Å². The third-order valence-electron chi connectivity index (χ3n) is 4.23. The number of carbonyl (C=O) groups excluding carboxylic acids is 1. The lowest BCUT2D eigenvalue weighted by atomic mass is 10.2. The number of ether oxygens (including phenoxy) is 1. The minimum atomic E-state index is -0.322. The predicted octanol–water partition coefficient (Wildman–Crippen LogP) is 5.27. The first-order valence-corrected chi connectivity index (χ1v) is 9.29. The van der Waals surface area contributed by atoms with Gasteiger partial charge in [0, 0.05) is 18.1 Å². The Morgan fingerprint density at radius 2 is 1.62 bits per heavy atom. The minimum Gasteiger partial charge on any atom is -0.457 e. The molecule has 0 aliphatic carbocycles. The molecule has 4 aromatic rings. The van der Waals surface area contributed by atoms with Gasteiger partial charge in [0.2, 0.25) is 0 Å². The molecule has 0 aliphatic rings. The van der Waals surface area contributed by atoms with Gasteiger partial charge in [0.15, 0.2) is 0 Å². The lowest BCUT2D eigenvalue weighted by Crippen LogP contribution is -2.13. The van der Waals surface area contributed by atoms with Gasteiger partial charge in [-0.3, -0.25) is 9.78 Å². The van der Waals surface area contributed by atoms with Crippen molar-refractivity contribution in [2.24, 2.45) is 0 Å². The van der Waals surface area contributed by atoms with E-state index in [0.29, 0.717) is 28.4 Å². The number of hydrogen-bond donors (Lipinski definition) is 1. The second-order valence-electron chi connectivity index (χ2n) is 6.26. The number of aryl methyl sites for hydroxylation is 1. The molecular formula is C22H17ClN4O2. The SMILES string of the molecule is Cc1nn(-c2ccccc2)c(Cl)c1C(=O)Nc1ccc(Oc2ccncc2)cc1. The molecule has 0 bridgehead atoms. The van der Waals surface area contributed by atoms with Gasteiger partial charge in [-0.15, -0.1) is 0 Å². The van der Waals surface area contributed by atoms with Crippen molar-refractivity contribution in [1.82, 2.24) is 14.8 Å². The van der Waals surface area contributed by atoms with Gasteiger partial charge in [-0.25, -0.2) is 4.68 Å². The normalized spacial score (nSPS) is 10.6. The maximum Gasteiger partial charge on any atom is 0.260 e. The summed E-state index contributed by atoms with van der Waals surface area (Å²) in [6.45, 7) is 1.76. The highest BCUT2D eigenvalue weighted by atomic mass is 35.5. The highest BCUT2D eigenvalue weighted by molar-refractivity contribution is 6.34. The molecule has 0 aliphatic heterocycles.